The molecular formula is C15H27N5. The van der Waals surface area contributed by atoms with Crippen molar-refractivity contribution in [1.82, 2.24) is 14.9 Å². The molecule has 1 aliphatic rings. The number of hydrogen-bond donors (Lipinski definition) is 2. The average Bonchev–Trinajstić information content (AvgIpc) is 2.41. The highest BCUT2D eigenvalue weighted by molar-refractivity contribution is 5.54. The highest BCUT2D eigenvalue weighted by Gasteiger charge is 2.17. The van der Waals surface area contributed by atoms with Gasteiger partial charge in [0.1, 0.15) is 17.5 Å². The number of nitrogens with zero attached hydrogens (tertiary/aromatic N) is 3. The third kappa shape index (κ3) is 3.82. The molecule has 1 fully saturated rings. The van der Waals surface area contributed by atoms with E-state index in [4.69, 9.17) is 5.73 Å². The zero-order valence-corrected chi connectivity index (χ0v) is 12.9. The van der Waals surface area contributed by atoms with E-state index in [1.807, 2.05) is 13.8 Å². The Morgan fingerprint density at radius 3 is 2.85 bits per heavy atom. The summed E-state index contributed by atoms with van der Waals surface area (Å²) >= 11 is 0. The maximum Gasteiger partial charge on any atom is 0.134 e. The molecule has 5 nitrogen and oxygen atoms in total. The van der Waals surface area contributed by atoms with Crippen LogP contribution in [0.3, 0.4) is 0 Å². The van der Waals surface area contributed by atoms with E-state index in [2.05, 4.69) is 27.1 Å². The first kappa shape index (κ1) is 15.0. The quantitative estimate of drug-likeness (QED) is 0.809. The molecule has 20 heavy (non-hydrogen) atoms. The number of hydrogen-bond acceptors (Lipinski definition) is 5. The second kappa shape index (κ2) is 6.88. The third-order valence-electron chi connectivity index (χ3n) is 4.15. The van der Waals surface area contributed by atoms with Gasteiger partial charge in [0, 0.05) is 24.7 Å². The Balaban J connectivity index is 1.78. The summed E-state index contributed by atoms with van der Waals surface area (Å²) in [5, 5.41) is 3.39. The van der Waals surface area contributed by atoms with Gasteiger partial charge in [0.05, 0.1) is 0 Å². The van der Waals surface area contributed by atoms with Gasteiger partial charge in [-0.05, 0) is 46.6 Å². The molecule has 1 aliphatic heterocycles. The lowest BCUT2D eigenvalue weighted by molar-refractivity contribution is 0.160. The van der Waals surface area contributed by atoms with Crippen molar-refractivity contribution in [2.24, 2.45) is 0 Å². The molecule has 3 N–H and O–H groups in total. The molecule has 0 aliphatic carbocycles. The molecule has 1 aromatic rings. The average molecular weight is 277 g/mol. The molecule has 0 saturated carbocycles. The summed E-state index contributed by atoms with van der Waals surface area (Å²) in [4.78, 5) is 11.2. The number of nitrogens with one attached hydrogen (secondary N) is 1. The van der Waals surface area contributed by atoms with Crippen LogP contribution in [0.1, 0.15) is 44.0 Å². The van der Waals surface area contributed by atoms with Gasteiger partial charge >= 0.3 is 0 Å². The first-order valence-electron chi connectivity index (χ1n) is 7.66. The van der Waals surface area contributed by atoms with Crippen molar-refractivity contribution in [2.75, 3.05) is 30.7 Å². The van der Waals surface area contributed by atoms with Gasteiger partial charge in [0.2, 0.25) is 0 Å². The fourth-order valence-electron chi connectivity index (χ4n) is 2.80. The van der Waals surface area contributed by atoms with Crippen LogP contribution in [0, 0.1) is 13.8 Å². The van der Waals surface area contributed by atoms with Crippen LogP contribution in [0.4, 0.5) is 11.6 Å². The molecule has 1 atom stereocenters. The Hall–Kier alpha value is -1.36. The second-order valence-corrected chi connectivity index (χ2v) is 5.79. The molecule has 1 unspecified atom stereocenters. The predicted octanol–water partition coefficient (Wildman–Crippen LogP) is 2.35. The molecule has 0 spiro atoms. The molecular weight excluding hydrogens is 250 g/mol. The van der Waals surface area contributed by atoms with Crippen molar-refractivity contribution in [2.45, 2.75) is 52.5 Å². The maximum atomic E-state index is 5.86. The lowest BCUT2D eigenvalue weighted by Crippen LogP contribution is -2.38. The van der Waals surface area contributed by atoms with Crippen molar-refractivity contribution in [3.05, 3.63) is 11.4 Å². The van der Waals surface area contributed by atoms with Crippen LogP contribution in [0.5, 0.6) is 0 Å². The summed E-state index contributed by atoms with van der Waals surface area (Å²) in [7, 11) is 0. The number of piperidine rings is 1. The number of nitrogens with two attached hydrogens (primary N) is 1. The first-order chi connectivity index (χ1) is 9.58. The van der Waals surface area contributed by atoms with Crippen LogP contribution in [-0.4, -0.2) is 40.5 Å². The van der Waals surface area contributed by atoms with Gasteiger partial charge in [-0.2, -0.15) is 0 Å². The number of likely N-dealkylation sites (tertiary alicyclic amines) is 1. The van der Waals surface area contributed by atoms with Crippen LogP contribution in [0.25, 0.3) is 0 Å². The van der Waals surface area contributed by atoms with Gasteiger partial charge in [0.15, 0.2) is 0 Å². The van der Waals surface area contributed by atoms with E-state index in [0.717, 1.165) is 42.8 Å². The minimum absolute atomic E-state index is 0.574. The molecule has 0 bridgehead atoms. The Labute approximate surface area is 122 Å². The molecule has 0 aromatic carbocycles. The van der Waals surface area contributed by atoms with E-state index < -0.39 is 0 Å². The minimum atomic E-state index is 0.574. The fraction of sp³-hybridized carbons (Fsp3) is 0.733. The van der Waals surface area contributed by atoms with Gasteiger partial charge in [0.25, 0.3) is 0 Å². The Kier molecular flexibility index (Phi) is 5.17. The number of nitrogen functional groups attached to an aromatic ring is 1. The van der Waals surface area contributed by atoms with Crippen LogP contribution in [-0.2, 0) is 0 Å². The van der Waals surface area contributed by atoms with Gasteiger partial charge in [-0.1, -0.05) is 6.42 Å². The molecule has 112 valence electrons. The Morgan fingerprint density at radius 1 is 1.30 bits per heavy atom. The van der Waals surface area contributed by atoms with Crippen molar-refractivity contribution in [3.8, 4) is 0 Å². The number of rotatable bonds is 5. The molecule has 2 rings (SSSR count). The topological polar surface area (TPSA) is 67.1 Å². The molecule has 0 amide bonds. The SMILES string of the molecule is Cc1nc(N)c(C)c(NCCCN2CCCCC2C)n1. The van der Waals surface area contributed by atoms with Crippen molar-refractivity contribution < 1.29 is 0 Å². The summed E-state index contributed by atoms with van der Waals surface area (Å²) in [6, 6.07) is 0.738. The van der Waals surface area contributed by atoms with Crippen molar-refractivity contribution in [1.29, 1.82) is 0 Å². The van der Waals surface area contributed by atoms with E-state index in [-0.39, 0.29) is 0 Å². The smallest absolute Gasteiger partial charge is 0.134 e. The third-order valence-corrected chi connectivity index (χ3v) is 4.15. The molecule has 1 saturated heterocycles. The lowest BCUT2D eigenvalue weighted by atomic mass is 10.0. The molecule has 2 heterocycles. The largest absolute Gasteiger partial charge is 0.383 e. The van der Waals surface area contributed by atoms with E-state index >= 15 is 0 Å². The van der Waals surface area contributed by atoms with Crippen LogP contribution in [0.2, 0.25) is 0 Å². The Bertz CT molecular complexity index is 446. The predicted molar refractivity (Wildman–Crippen MR) is 83.9 cm³/mol. The Morgan fingerprint density at radius 2 is 2.10 bits per heavy atom. The normalized spacial score (nSPS) is 20.1. The van der Waals surface area contributed by atoms with Crippen molar-refractivity contribution in [3.63, 3.8) is 0 Å². The highest BCUT2D eigenvalue weighted by Crippen LogP contribution is 2.18. The number of aromatic nitrogens is 2. The maximum absolute atomic E-state index is 5.86. The molecule has 1 aromatic heterocycles. The van der Waals surface area contributed by atoms with Crippen molar-refractivity contribution >= 4 is 11.6 Å². The summed E-state index contributed by atoms with van der Waals surface area (Å²) in [5.41, 5.74) is 6.81. The summed E-state index contributed by atoms with van der Waals surface area (Å²) in [5.74, 6) is 2.17. The standard InChI is InChI=1S/C15H27N5/c1-11-7-4-5-9-20(11)10-6-8-17-15-12(2)14(16)18-13(3)19-15/h11H,4-10H2,1-3H3,(H3,16,17,18,19). The molecule has 5 heteroatoms. The van der Waals surface area contributed by atoms with Crippen LogP contribution in [0.15, 0.2) is 0 Å². The van der Waals surface area contributed by atoms with E-state index in [9.17, 15) is 0 Å². The molecule has 0 radical (unpaired) electrons. The minimum Gasteiger partial charge on any atom is -0.383 e. The van der Waals surface area contributed by atoms with E-state index in [1.54, 1.807) is 0 Å². The lowest BCUT2D eigenvalue weighted by Gasteiger charge is -2.33. The first-order valence-corrected chi connectivity index (χ1v) is 7.66. The monoisotopic (exact) mass is 277 g/mol. The second-order valence-electron chi connectivity index (χ2n) is 5.79. The summed E-state index contributed by atoms with van der Waals surface area (Å²) in [6.45, 7) is 9.51. The fourth-order valence-corrected chi connectivity index (χ4v) is 2.80. The van der Waals surface area contributed by atoms with Gasteiger partial charge in [-0.25, -0.2) is 9.97 Å². The van der Waals surface area contributed by atoms with Gasteiger partial charge < -0.3 is 16.0 Å². The summed E-state index contributed by atoms with van der Waals surface area (Å²) < 4.78 is 0. The number of aryl methyl sites for hydroxylation is 1. The highest BCUT2D eigenvalue weighted by atomic mass is 15.2. The zero-order chi connectivity index (χ0) is 14.5. The summed E-state index contributed by atoms with van der Waals surface area (Å²) in [6.07, 6.45) is 5.20. The van der Waals surface area contributed by atoms with Gasteiger partial charge in [-0.15, -0.1) is 0 Å². The van der Waals surface area contributed by atoms with Gasteiger partial charge in [-0.3, -0.25) is 0 Å². The zero-order valence-electron chi connectivity index (χ0n) is 12.9. The van der Waals surface area contributed by atoms with E-state index in [1.165, 1.54) is 25.8 Å². The van der Waals surface area contributed by atoms with E-state index in [0.29, 0.717) is 5.82 Å². The van der Waals surface area contributed by atoms with Crippen LogP contribution < -0.4 is 11.1 Å². The van der Waals surface area contributed by atoms with Crippen LogP contribution >= 0.6 is 0 Å². The number of anilines is 2.